The number of nitrogens with one attached hydrogen (secondary N) is 2. The second-order valence-corrected chi connectivity index (χ2v) is 4.69. The van der Waals surface area contributed by atoms with Gasteiger partial charge in [-0.2, -0.15) is 0 Å². The highest BCUT2D eigenvalue weighted by molar-refractivity contribution is 5.92. The second-order valence-electron chi connectivity index (χ2n) is 4.69. The molecule has 3 nitrogen and oxygen atoms in total. The van der Waals surface area contributed by atoms with Gasteiger partial charge < -0.3 is 10.6 Å². The number of anilines is 1. The number of carbonyl (C=O) groups is 1. The summed E-state index contributed by atoms with van der Waals surface area (Å²) in [7, 11) is 0. The van der Waals surface area contributed by atoms with E-state index in [0.29, 0.717) is 0 Å². The molecule has 0 aromatic heterocycles. The van der Waals surface area contributed by atoms with Crippen LogP contribution >= 0.6 is 0 Å². The van der Waals surface area contributed by atoms with E-state index in [4.69, 9.17) is 0 Å². The maximum atomic E-state index is 13.4. The first-order valence-corrected chi connectivity index (χ1v) is 6.59. The molecule has 0 fully saturated rings. The smallest absolute Gasteiger partial charge is 0.238 e. The van der Waals surface area contributed by atoms with Crippen molar-refractivity contribution in [2.45, 2.75) is 13.0 Å². The van der Waals surface area contributed by atoms with Crippen molar-refractivity contribution < 1.29 is 13.6 Å². The van der Waals surface area contributed by atoms with E-state index in [2.05, 4.69) is 10.6 Å². The highest BCUT2D eigenvalue weighted by atomic mass is 19.1. The highest BCUT2D eigenvalue weighted by Crippen LogP contribution is 2.14. The number of benzene rings is 2. The van der Waals surface area contributed by atoms with Crippen LogP contribution in [0.25, 0.3) is 0 Å². The van der Waals surface area contributed by atoms with Crippen molar-refractivity contribution in [1.29, 1.82) is 0 Å². The van der Waals surface area contributed by atoms with Gasteiger partial charge in [0, 0.05) is 6.04 Å². The lowest BCUT2D eigenvalue weighted by molar-refractivity contribution is -0.115. The molecule has 2 N–H and O–H groups in total. The summed E-state index contributed by atoms with van der Waals surface area (Å²) in [4.78, 5) is 11.8. The highest BCUT2D eigenvalue weighted by Gasteiger charge is 2.10. The van der Waals surface area contributed by atoms with Gasteiger partial charge in [-0.15, -0.1) is 0 Å². The summed E-state index contributed by atoms with van der Waals surface area (Å²) < 4.78 is 26.5. The first kappa shape index (κ1) is 15.1. The van der Waals surface area contributed by atoms with Crippen LogP contribution in [0, 0.1) is 11.6 Å². The minimum Gasteiger partial charge on any atom is -0.322 e. The fraction of sp³-hybridized carbons (Fsp3) is 0.188. The minimum absolute atomic E-state index is 0.00597. The molecule has 2 aromatic rings. The van der Waals surface area contributed by atoms with Gasteiger partial charge in [-0.05, 0) is 36.8 Å². The van der Waals surface area contributed by atoms with Gasteiger partial charge in [0.15, 0.2) is 0 Å². The van der Waals surface area contributed by atoms with Crippen molar-refractivity contribution in [3.63, 3.8) is 0 Å². The Morgan fingerprint density at radius 2 is 1.90 bits per heavy atom. The maximum Gasteiger partial charge on any atom is 0.238 e. The van der Waals surface area contributed by atoms with E-state index in [1.807, 2.05) is 6.92 Å². The number of para-hydroxylation sites is 1. The lowest BCUT2D eigenvalue weighted by Crippen LogP contribution is -2.30. The summed E-state index contributed by atoms with van der Waals surface area (Å²) in [5, 5.41) is 5.44. The summed E-state index contributed by atoms with van der Waals surface area (Å²) in [5.41, 5.74) is 0.886. The Morgan fingerprint density at radius 3 is 2.62 bits per heavy atom. The van der Waals surface area contributed by atoms with Crippen LogP contribution in [-0.2, 0) is 4.79 Å². The van der Waals surface area contributed by atoms with Crippen molar-refractivity contribution in [2.24, 2.45) is 0 Å². The van der Waals surface area contributed by atoms with Gasteiger partial charge in [-0.3, -0.25) is 4.79 Å². The van der Waals surface area contributed by atoms with E-state index in [9.17, 15) is 13.6 Å². The Hall–Kier alpha value is -2.27. The topological polar surface area (TPSA) is 41.1 Å². The molecule has 1 amide bonds. The largest absolute Gasteiger partial charge is 0.322 e. The Kier molecular flexibility index (Phi) is 5.00. The van der Waals surface area contributed by atoms with E-state index >= 15 is 0 Å². The first-order chi connectivity index (χ1) is 10.1. The third-order valence-electron chi connectivity index (χ3n) is 3.07. The molecule has 0 aliphatic heterocycles. The van der Waals surface area contributed by atoms with Crippen LogP contribution in [0.1, 0.15) is 18.5 Å². The molecule has 0 spiro atoms. The molecule has 5 heteroatoms. The van der Waals surface area contributed by atoms with E-state index in [1.165, 1.54) is 24.3 Å². The first-order valence-electron chi connectivity index (χ1n) is 6.59. The van der Waals surface area contributed by atoms with Crippen LogP contribution in [0.2, 0.25) is 0 Å². The monoisotopic (exact) mass is 290 g/mol. The summed E-state index contributed by atoms with van der Waals surface area (Å²) in [6, 6.07) is 11.9. The lowest BCUT2D eigenvalue weighted by atomic mass is 10.1. The average molecular weight is 290 g/mol. The standard InChI is InChI=1S/C16H16F2N2O/c1-11(12-5-4-6-13(17)9-12)19-10-16(21)20-15-8-3-2-7-14(15)18/h2-9,11,19H,10H2,1H3,(H,20,21)/t11-/m0/s1. The number of hydrogen-bond acceptors (Lipinski definition) is 2. The molecule has 0 heterocycles. The zero-order chi connectivity index (χ0) is 15.2. The molecule has 21 heavy (non-hydrogen) atoms. The van der Waals surface area contributed by atoms with Crippen LogP contribution in [-0.4, -0.2) is 12.5 Å². The molecule has 1 atom stereocenters. The zero-order valence-electron chi connectivity index (χ0n) is 11.6. The van der Waals surface area contributed by atoms with Crippen LogP contribution in [0.5, 0.6) is 0 Å². The predicted molar refractivity (Wildman–Crippen MR) is 77.8 cm³/mol. The quantitative estimate of drug-likeness (QED) is 0.887. The number of carbonyl (C=O) groups excluding carboxylic acids is 1. The van der Waals surface area contributed by atoms with E-state index < -0.39 is 5.82 Å². The van der Waals surface area contributed by atoms with Crippen molar-refractivity contribution in [2.75, 3.05) is 11.9 Å². The van der Waals surface area contributed by atoms with E-state index in [0.717, 1.165) is 5.56 Å². The molecule has 0 aliphatic rings. The fourth-order valence-corrected chi connectivity index (χ4v) is 1.90. The van der Waals surface area contributed by atoms with Gasteiger partial charge in [-0.1, -0.05) is 24.3 Å². The molecule has 0 unspecified atom stereocenters. The molecular formula is C16H16F2N2O. The predicted octanol–water partition coefficient (Wildman–Crippen LogP) is 3.25. The van der Waals surface area contributed by atoms with Gasteiger partial charge in [0.05, 0.1) is 12.2 Å². The van der Waals surface area contributed by atoms with Crippen molar-refractivity contribution in [3.8, 4) is 0 Å². The van der Waals surface area contributed by atoms with E-state index in [1.54, 1.807) is 24.3 Å². The third kappa shape index (κ3) is 4.36. The second kappa shape index (κ2) is 6.95. The zero-order valence-corrected chi connectivity index (χ0v) is 11.6. The van der Waals surface area contributed by atoms with Crippen LogP contribution in [0.15, 0.2) is 48.5 Å². The minimum atomic E-state index is -0.482. The van der Waals surface area contributed by atoms with Crippen molar-refractivity contribution >= 4 is 11.6 Å². The average Bonchev–Trinajstić information content (AvgIpc) is 2.47. The number of hydrogen-bond donors (Lipinski definition) is 2. The Morgan fingerprint density at radius 1 is 1.14 bits per heavy atom. The van der Waals surface area contributed by atoms with Gasteiger partial charge >= 0.3 is 0 Å². The molecule has 2 aromatic carbocycles. The molecule has 0 saturated carbocycles. The number of amides is 1. The number of halogens is 2. The van der Waals surface area contributed by atoms with Crippen molar-refractivity contribution in [3.05, 3.63) is 65.7 Å². The molecular weight excluding hydrogens is 274 g/mol. The maximum absolute atomic E-state index is 13.4. The Labute approximate surface area is 122 Å². The molecule has 2 rings (SSSR count). The Bertz CT molecular complexity index is 631. The third-order valence-corrected chi connectivity index (χ3v) is 3.07. The SMILES string of the molecule is C[C@H](NCC(=O)Nc1ccccc1F)c1cccc(F)c1. The summed E-state index contributed by atoms with van der Waals surface area (Å²) >= 11 is 0. The van der Waals surface area contributed by atoms with E-state index in [-0.39, 0.29) is 30.0 Å². The van der Waals surface area contributed by atoms with Crippen LogP contribution in [0.4, 0.5) is 14.5 Å². The summed E-state index contributed by atoms with van der Waals surface area (Å²) in [5.74, 6) is -1.16. The van der Waals surface area contributed by atoms with Crippen LogP contribution < -0.4 is 10.6 Å². The fourth-order valence-electron chi connectivity index (χ4n) is 1.90. The van der Waals surface area contributed by atoms with Crippen molar-refractivity contribution in [1.82, 2.24) is 5.32 Å². The molecule has 0 aliphatic carbocycles. The molecule has 0 radical (unpaired) electrons. The van der Waals surface area contributed by atoms with Gasteiger partial charge in [0.1, 0.15) is 11.6 Å². The molecule has 110 valence electrons. The Balaban J connectivity index is 1.88. The normalized spacial score (nSPS) is 12.0. The van der Waals surface area contributed by atoms with Crippen LogP contribution in [0.3, 0.4) is 0 Å². The van der Waals surface area contributed by atoms with Gasteiger partial charge in [0.25, 0.3) is 0 Å². The molecule has 0 saturated heterocycles. The summed E-state index contributed by atoms with van der Waals surface area (Å²) in [6.07, 6.45) is 0. The lowest BCUT2D eigenvalue weighted by Gasteiger charge is -2.14. The number of rotatable bonds is 5. The summed E-state index contributed by atoms with van der Waals surface area (Å²) in [6.45, 7) is 1.83. The van der Waals surface area contributed by atoms with Gasteiger partial charge in [0.2, 0.25) is 5.91 Å². The van der Waals surface area contributed by atoms with Gasteiger partial charge in [-0.25, -0.2) is 8.78 Å². The molecule has 0 bridgehead atoms.